The first-order chi connectivity index (χ1) is 7.76. The topological polar surface area (TPSA) is 9.23 Å². The molecule has 0 spiro atoms. The van der Waals surface area contributed by atoms with Crippen LogP contribution in [0.3, 0.4) is 0 Å². The van der Waals surface area contributed by atoms with Crippen molar-refractivity contribution < 1.29 is 4.43 Å². The van der Waals surface area contributed by atoms with E-state index < -0.39 is 8.32 Å². The summed E-state index contributed by atoms with van der Waals surface area (Å²) in [6.07, 6.45) is 10.3. The fourth-order valence-corrected chi connectivity index (χ4v) is 4.93. The quantitative estimate of drug-likeness (QED) is 0.362. The molecule has 0 N–H and O–H groups in total. The highest BCUT2D eigenvalue weighted by Crippen LogP contribution is 2.26. The molecular weight excluding hydrogens is 212 g/mol. The first-order valence-electron chi connectivity index (χ1n) is 7.12. The predicted octanol–water partition coefficient (Wildman–Crippen LogP) is 5.25. The predicted molar refractivity (Wildman–Crippen MR) is 74.1 cm³/mol. The van der Waals surface area contributed by atoms with Gasteiger partial charge in [0.05, 0.1) is 6.26 Å². The number of hydrogen-bond acceptors (Lipinski definition) is 1. The Labute approximate surface area is 102 Å². The lowest BCUT2D eigenvalue weighted by molar-refractivity contribution is 0.448. The molecule has 1 rings (SSSR count). The Morgan fingerprint density at radius 2 is 1.44 bits per heavy atom. The fourth-order valence-electron chi connectivity index (χ4n) is 2.51. The molecular formula is C14H28OSi. The molecule has 0 radical (unpaired) electrons. The standard InChI is InChI=1S/C14H28OSi/c1-4-16(5-2,6-3)15-13-14-11-9-7-8-10-12-14/h13H,4-12H2,1-3H3. The molecule has 1 aliphatic rings. The Balaban J connectivity index is 2.54. The lowest BCUT2D eigenvalue weighted by atomic mass is 10.1. The van der Waals surface area contributed by atoms with E-state index in [0.717, 1.165) is 0 Å². The zero-order valence-electron chi connectivity index (χ0n) is 11.3. The Bertz CT molecular complexity index is 201. The molecule has 0 aromatic rings. The Morgan fingerprint density at radius 1 is 0.938 bits per heavy atom. The summed E-state index contributed by atoms with van der Waals surface area (Å²) in [4.78, 5) is 0. The van der Waals surface area contributed by atoms with Gasteiger partial charge < -0.3 is 4.43 Å². The van der Waals surface area contributed by atoms with Crippen molar-refractivity contribution in [2.45, 2.75) is 77.4 Å². The number of rotatable bonds is 5. The van der Waals surface area contributed by atoms with Gasteiger partial charge in [-0.15, -0.1) is 0 Å². The van der Waals surface area contributed by atoms with Crippen LogP contribution in [0.4, 0.5) is 0 Å². The molecule has 0 saturated heterocycles. The van der Waals surface area contributed by atoms with Crippen LogP contribution in [0.2, 0.25) is 18.1 Å². The molecule has 1 fully saturated rings. The third-order valence-electron chi connectivity index (χ3n) is 4.15. The van der Waals surface area contributed by atoms with Crippen LogP contribution in [0.1, 0.15) is 59.3 Å². The molecule has 0 amide bonds. The second kappa shape index (κ2) is 7.15. The van der Waals surface area contributed by atoms with Gasteiger partial charge in [-0.2, -0.15) is 0 Å². The Kier molecular flexibility index (Phi) is 6.18. The van der Waals surface area contributed by atoms with Gasteiger partial charge in [0.15, 0.2) is 0 Å². The number of hydrogen-bond donors (Lipinski definition) is 0. The molecule has 0 aliphatic heterocycles. The van der Waals surface area contributed by atoms with Gasteiger partial charge in [-0.1, -0.05) is 33.6 Å². The van der Waals surface area contributed by atoms with E-state index in [4.69, 9.17) is 4.43 Å². The summed E-state index contributed by atoms with van der Waals surface area (Å²) in [5, 5.41) is 0. The maximum Gasteiger partial charge on any atom is 0.249 e. The van der Waals surface area contributed by atoms with Crippen LogP contribution in [-0.2, 0) is 4.43 Å². The highest BCUT2D eigenvalue weighted by molar-refractivity contribution is 6.73. The maximum absolute atomic E-state index is 6.25. The fraction of sp³-hybridized carbons (Fsp3) is 0.857. The monoisotopic (exact) mass is 240 g/mol. The first kappa shape index (κ1) is 13.8. The van der Waals surface area contributed by atoms with Crippen molar-refractivity contribution in [3.63, 3.8) is 0 Å². The molecule has 2 heteroatoms. The average Bonchev–Trinajstić information content (AvgIpc) is 2.60. The molecule has 0 unspecified atom stereocenters. The van der Waals surface area contributed by atoms with Crippen molar-refractivity contribution in [1.82, 2.24) is 0 Å². The summed E-state index contributed by atoms with van der Waals surface area (Å²) in [7, 11) is -1.39. The molecule has 0 aromatic carbocycles. The van der Waals surface area contributed by atoms with Crippen LogP contribution >= 0.6 is 0 Å². The van der Waals surface area contributed by atoms with Crippen molar-refractivity contribution >= 4 is 8.32 Å². The molecule has 0 heterocycles. The van der Waals surface area contributed by atoms with Gasteiger partial charge in [0.2, 0.25) is 8.32 Å². The largest absolute Gasteiger partial charge is 0.549 e. The SMILES string of the molecule is CC[Si](CC)(CC)OC=C1CCCCCC1. The second-order valence-electron chi connectivity index (χ2n) is 5.05. The summed E-state index contributed by atoms with van der Waals surface area (Å²) in [6.45, 7) is 6.89. The Morgan fingerprint density at radius 3 is 1.88 bits per heavy atom. The van der Waals surface area contributed by atoms with Crippen molar-refractivity contribution in [2.24, 2.45) is 0 Å². The summed E-state index contributed by atoms with van der Waals surface area (Å²) in [6, 6.07) is 3.76. The Hall–Kier alpha value is -0.243. The van der Waals surface area contributed by atoms with E-state index in [-0.39, 0.29) is 0 Å². The molecule has 0 bridgehead atoms. The molecule has 0 aromatic heterocycles. The van der Waals surface area contributed by atoms with E-state index in [1.165, 1.54) is 56.7 Å². The van der Waals surface area contributed by atoms with E-state index in [1.807, 2.05) is 0 Å². The van der Waals surface area contributed by atoms with Gasteiger partial charge >= 0.3 is 0 Å². The van der Waals surface area contributed by atoms with Crippen molar-refractivity contribution in [3.05, 3.63) is 11.8 Å². The van der Waals surface area contributed by atoms with Gasteiger partial charge in [0.25, 0.3) is 0 Å². The van der Waals surface area contributed by atoms with Gasteiger partial charge in [0.1, 0.15) is 0 Å². The summed E-state index contributed by atoms with van der Waals surface area (Å²) >= 11 is 0. The average molecular weight is 240 g/mol. The minimum absolute atomic E-state index is 1.25. The summed E-state index contributed by atoms with van der Waals surface area (Å²) in [5.74, 6) is 0. The van der Waals surface area contributed by atoms with E-state index in [2.05, 4.69) is 27.0 Å². The first-order valence-corrected chi connectivity index (χ1v) is 9.65. The van der Waals surface area contributed by atoms with E-state index in [9.17, 15) is 0 Å². The van der Waals surface area contributed by atoms with Crippen LogP contribution in [-0.4, -0.2) is 8.32 Å². The molecule has 94 valence electrons. The van der Waals surface area contributed by atoms with Gasteiger partial charge in [-0.25, -0.2) is 0 Å². The third-order valence-corrected chi connectivity index (χ3v) is 8.64. The van der Waals surface area contributed by atoms with Gasteiger partial charge in [0, 0.05) is 0 Å². The molecule has 1 saturated carbocycles. The highest BCUT2D eigenvalue weighted by atomic mass is 28.4. The van der Waals surface area contributed by atoms with Crippen LogP contribution in [0.15, 0.2) is 11.8 Å². The summed E-state index contributed by atoms with van der Waals surface area (Å²) in [5.41, 5.74) is 1.57. The smallest absolute Gasteiger partial charge is 0.249 e. The van der Waals surface area contributed by atoms with E-state index in [0.29, 0.717) is 0 Å². The molecule has 1 nitrogen and oxygen atoms in total. The zero-order valence-corrected chi connectivity index (χ0v) is 12.3. The second-order valence-corrected chi connectivity index (χ2v) is 9.77. The summed E-state index contributed by atoms with van der Waals surface area (Å²) < 4.78 is 6.25. The van der Waals surface area contributed by atoms with E-state index >= 15 is 0 Å². The minimum atomic E-state index is -1.39. The van der Waals surface area contributed by atoms with Crippen molar-refractivity contribution in [1.29, 1.82) is 0 Å². The number of allylic oxidation sites excluding steroid dienone is 1. The normalized spacial score (nSPS) is 18.1. The van der Waals surface area contributed by atoms with Crippen LogP contribution < -0.4 is 0 Å². The van der Waals surface area contributed by atoms with Gasteiger partial charge in [-0.3, -0.25) is 0 Å². The van der Waals surface area contributed by atoms with Crippen molar-refractivity contribution in [3.8, 4) is 0 Å². The molecule has 1 aliphatic carbocycles. The minimum Gasteiger partial charge on any atom is -0.549 e. The van der Waals surface area contributed by atoms with Gasteiger partial charge in [-0.05, 0) is 49.4 Å². The third kappa shape index (κ3) is 3.97. The van der Waals surface area contributed by atoms with Crippen molar-refractivity contribution in [2.75, 3.05) is 0 Å². The van der Waals surface area contributed by atoms with Crippen LogP contribution in [0.5, 0.6) is 0 Å². The maximum atomic E-state index is 6.25. The molecule has 0 atom stereocenters. The highest BCUT2D eigenvalue weighted by Gasteiger charge is 2.29. The van der Waals surface area contributed by atoms with Crippen LogP contribution in [0, 0.1) is 0 Å². The lowest BCUT2D eigenvalue weighted by Crippen LogP contribution is -2.33. The van der Waals surface area contributed by atoms with Crippen LogP contribution in [0.25, 0.3) is 0 Å². The molecule has 16 heavy (non-hydrogen) atoms. The zero-order chi connectivity index (χ0) is 11.9. The van der Waals surface area contributed by atoms with E-state index in [1.54, 1.807) is 5.57 Å². The lowest BCUT2D eigenvalue weighted by Gasteiger charge is -2.27.